The van der Waals surface area contributed by atoms with Gasteiger partial charge in [0.15, 0.2) is 11.5 Å². The van der Waals surface area contributed by atoms with Gasteiger partial charge in [-0.25, -0.2) is 8.42 Å². The molecule has 0 fully saturated rings. The van der Waals surface area contributed by atoms with E-state index in [0.717, 1.165) is 44.6 Å². The van der Waals surface area contributed by atoms with Crippen molar-refractivity contribution >= 4 is 10.0 Å². The van der Waals surface area contributed by atoms with Crippen LogP contribution < -0.4 is 0 Å². The van der Waals surface area contributed by atoms with E-state index in [1.807, 2.05) is 0 Å². The van der Waals surface area contributed by atoms with Crippen molar-refractivity contribution in [2.75, 3.05) is 13.1 Å². The first-order valence-electron chi connectivity index (χ1n) is 11.0. The van der Waals surface area contributed by atoms with Crippen LogP contribution in [0.2, 0.25) is 0 Å². The molecule has 1 rings (SSSR count). The van der Waals surface area contributed by atoms with E-state index in [4.69, 9.17) is 0 Å². The first kappa shape index (κ1) is 24.8. The van der Waals surface area contributed by atoms with Gasteiger partial charge in [0.05, 0.1) is 4.90 Å². The van der Waals surface area contributed by atoms with Crippen LogP contribution in [0, 0.1) is 0 Å². The molecule has 5 nitrogen and oxygen atoms in total. The van der Waals surface area contributed by atoms with Gasteiger partial charge in [0.25, 0.3) is 0 Å². The smallest absolute Gasteiger partial charge is 0.243 e. The van der Waals surface area contributed by atoms with Gasteiger partial charge in [0.2, 0.25) is 10.0 Å². The molecule has 0 saturated carbocycles. The van der Waals surface area contributed by atoms with Crippen molar-refractivity contribution in [1.82, 2.24) is 4.31 Å². The molecule has 0 aliphatic heterocycles. The molecule has 162 valence electrons. The SMILES string of the molecule is CCCCCCCCN(CCCCCCCC)S(=O)(=O)c1ccc(O)c(O)c1. The maximum Gasteiger partial charge on any atom is 0.243 e. The Labute approximate surface area is 171 Å². The average Bonchev–Trinajstić information content (AvgIpc) is 2.67. The van der Waals surface area contributed by atoms with Crippen LogP contribution in [0.25, 0.3) is 0 Å². The lowest BCUT2D eigenvalue weighted by Gasteiger charge is -2.22. The van der Waals surface area contributed by atoms with Crippen molar-refractivity contribution in [2.24, 2.45) is 0 Å². The maximum atomic E-state index is 13.1. The van der Waals surface area contributed by atoms with Crippen LogP contribution in [0.5, 0.6) is 11.5 Å². The van der Waals surface area contributed by atoms with Crippen molar-refractivity contribution in [2.45, 2.75) is 95.8 Å². The highest BCUT2D eigenvalue weighted by Crippen LogP contribution is 2.29. The van der Waals surface area contributed by atoms with E-state index in [1.54, 1.807) is 4.31 Å². The monoisotopic (exact) mass is 413 g/mol. The third-order valence-electron chi connectivity index (χ3n) is 5.11. The molecule has 28 heavy (non-hydrogen) atoms. The molecule has 0 aliphatic rings. The summed E-state index contributed by atoms with van der Waals surface area (Å²) in [5.74, 6) is -0.711. The van der Waals surface area contributed by atoms with Crippen LogP contribution in [0.4, 0.5) is 0 Å². The quantitative estimate of drug-likeness (QED) is 0.265. The highest BCUT2D eigenvalue weighted by Gasteiger charge is 2.24. The zero-order valence-corrected chi connectivity index (χ0v) is 18.5. The topological polar surface area (TPSA) is 77.8 Å². The second kappa shape index (κ2) is 13.8. The van der Waals surface area contributed by atoms with Crippen LogP contribution in [-0.4, -0.2) is 36.0 Å². The molecular weight excluding hydrogens is 374 g/mol. The number of phenols is 2. The molecule has 0 radical (unpaired) electrons. The number of rotatable bonds is 16. The van der Waals surface area contributed by atoms with E-state index in [9.17, 15) is 18.6 Å². The van der Waals surface area contributed by atoms with Gasteiger partial charge in [-0.3, -0.25) is 0 Å². The van der Waals surface area contributed by atoms with Gasteiger partial charge >= 0.3 is 0 Å². The first-order chi connectivity index (χ1) is 13.4. The fourth-order valence-electron chi connectivity index (χ4n) is 3.30. The summed E-state index contributed by atoms with van der Waals surface area (Å²) in [5, 5.41) is 19.2. The van der Waals surface area contributed by atoms with E-state index in [-0.39, 0.29) is 10.6 Å². The van der Waals surface area contributed by atoms with Crippen molar-refractivity contribution < 1.29 is 18.6 Å². The predicted octanol–water partition coefficient (Wildman–Crippen LogP) is 5.81. The number of unbranched alkanes of at least 4 members (excludes halogenated alkanes) is 10. The zero-order chi connectivity index (χ0) is 20.8. The standard InChI is InChI=1S/C22H39NO4S/c1-3-5-7-9-11-13-17-23(18-14-12-10-8-6-4-2)28(26,27)20-15-16-21(24)22(25)19-20/h15-16,19,24-25H,3-14,17-18H2,1-2H3. The molecule has 0 aliphatic carbocycles. The lowest BCUT2D eigenvalue weighted by molar-refractivity contribution is 0.381. The second-order valence-corrected chi connectivity index (χ2v) is 9.53. The minimum absolute atomic E-state index is 0.0414. The van der Waals surface area contributed by atoms with Crippen molar-refractivity contribution in [3.63, 3.8) is 0 Å². The normalized spacial score (nSPS) is 12.0. The van der Waals surface area contributed by atoms with E-state index < -0.39 is 15.8 Å². The summed E-state index contributed by atoms with van der Waals surface area (Å²) in [4.78, 5) is 0.0414. The third-order valence-corrected chi connectivity index (χ3v) is 7.00. The molecule has 1 aromatic rings. The zero-order valence-electron chi connectivity index (χ0n) is 17.7. The molecule has 2 N–H and O–H groups in total. The lowest BCUT2D eigenvalue weighted by atomic mass is 10.1. The van der Waals surface area contributed by atoms with Crippen LogP contribution in [0.3, 0.4) is 0 Å². The number of sulfonamides is 1. The molecule has 6 heteroatoms. The highest BCUT2D eigenvalue weighted by atomic mass is 32.2. The van der Waals surface area contributed by atoms with E-state index in [1.165, 1.54) is 50.7 Å². The summed E-state index contributed by atoms with van der Waals surface area (Å²) < 4.78 is 27.7. The Hall–Kier alpha value is -1.27. The molecule has 0 aromatic heterocycles. The number of nitrogens with zero attached hydrogens (tertiary/aromatic N) is 1. The number of benzene rings is 1. The Balaban J connectivity index is 2.69. The van der Waals surface area contributed by atoms with Gasteiger partial charge in [0, 0.05) is 19.2 Å². The Kier molecular flexibility index (Phi) is 12.2. The summed E-state index contributed by atoms with van der Waals surface area (Å²) >= 11 is 0. The molecule has 0 unspecified atom stereocenters. The summed E-state index contributed by atoms with van der Waals surface area (Å²) in [7, 11) is -3.67. The minimum atomic E-state index is -3.67. The van der Waals surface area contributed by atoms with Crippen LogP contribution >= 0.6 is 0 Å². The number of hydrogen-bond acceptors (Lipinski definition) is 4. The van der Waals surface area contributed by atoms with Gasteiger partial charge in [-0.2, -0.15) is 4.31 Å². The molecule has 0 atom stereocenters. The highest BCUT2D eigenvalue weighted by molar-refractivity contribution is 7.89. The van der Waals surface area contributed by atoms with Gasteiger partial charge in [-0.05, 0) is 25.0 Å². The van der Waals surface area contributed by atoms with Gasteiger partial charge in [0.1, 0.15) is 0 Å². The number of hydrogen-bond donors (Lipinski definition) is 2. The van der Waals surface area contributed by atoms with Crippen molar-refractivity contribution in [3.05, 3.63) is 18.2 Å². The third kappa shape index (κ3) is 8.82. The summed E-state index contributed by atoms with van der Waals surface area (Å²) in [6.07, 6.45) is 13.3. The molecule has 1 aromatic carbocycles. The van der Waals surface area contributed by atoms with Gasteiger partial charge in [-0.15, -0.1) is 0 Å². The second-order valence-electron chi connectivity index (χ2n) is 7.59. The summed E-state index contributed by atoms with van der Waals surface area (Å²) in [6.45, 7) is 5.37. The molecule has 0 spiro atoms. The van der Waals surface area contributed by atoms with Gasteiger partial charge in [-0.1, -0.05) is 78.1 Å². The summed E-state index contributed by atoms with van der Waals surface area (Å²) in [5.41, 5.74) is 0. The minimum Gasteiger partial charge on any atom is -0.504 e. The van der Waals surface area contributed by atoms with E-state index >= 15 is 0 Å². The van der Waals surface area contributed by atoms with Crippen molar-refractivity contribution in [3.8, 4) is 11.5 Å². The lowest BCUT2D eigenvalue weighted by Crippen LogP contribution is -2.33. The first-order valence-corrected chi connectivity index (χ1v) is 12.4. The average molecular weight is 414 g/mol. The maximum absolute atomic E-state index is 13.1. The number of phenolic OH excluding ortho intramolecular Hbond substituents is 2. The Morgan fingerprint density at radius 2 is 1.18 bits per heavy atom. The largest absolute Gasteiger partial charge is 0.504 e. The molecule has 0 amide bonds. The fraction of sp³-hybridized carbons (Fsp3) is 0.727. The molecule has 0 heterocycles. The molecule has 0 saturated heterocycles. The van der Waals surface area contributed by atoms with Gasteiger partial charge < -0.3 is 10.2 Å². The van der Waals surface area contributed by atoms with E-state index in [0.29, 0.717) is 13.1 Å². The number of aromatic hydroxyl groups is 2. The Morgan fingerprint density at radius 3 is 1.64 bits per heavy atom. The fourth-order valence-corrected chi connectivity index (χ4v) is 4.84. The van der Waals surface area contributed by atoms with Crippen molar-refractivity contribution in [1.29, 1.82) is 0 Å². The Bertz CT molecular complexity index is 630. The van der Waals surface area contributed by atoms with Crippen LogP contribution in [-0.2, 0) is 10.0 Å². The van der Waals surface area contributed by atoms with Crippen LogP contribution in [0.15, 0.2) is 23.1 Å². The molecule has 0 bridgehead atoms. The molecular formula is C22H39NO4S. The Morgan fingerprint density at radius 1 is 0.714 bits per heavy atom. The predicted molar refractivity (Wildman–Crippen MR) is 115 cm³/mol. The van der Waals surface area contributed by atoms with E-state index in [2.05, 4.69) is 13.8 Å². The summed E-state index contributed by atoms with van der Waals surface area (Å²) in [6, 6.07) is 3.73. The van der Waals surface area contributed by atoms with Crippen LogP contribution in [0.1, 0.15) is 90.9 Å².